The number of rotatable bonds is 6. The average Bonchev–Trinajstić information content (AvgIpc) is 2.14. The molecule has 0 radical (unpaired) electrons. The Morgan fingerprint density at radius 2 is 1.82 bits per heavy atom. The Bertz CT molecular complexity index is 293. The number of nitrogens with one attached hydrogen (secondary N) is 2. The van der Waals surface area contributed by atoms with Crippen molar-refractivity contribution in [3.63, 3.8) is 0 Å². The number of carbonyl (C=O) groups excluding carboxylic acids is 2. The third-order valence-corrected chi connectivity index (χ3v) is 1.70. The van der Waals surface area contributed by atoms with E-state index in [1.54, 1.807) is 6.92 Å². The summed E-state index contributed by atoms with van der Waals surface area (Å²) in [5, 5.41) is 5.63. The van der Waals surface area contributed by atoms with Crippen molar-refractivity contribution in [3.05, 3.63) is 12.2 Å². The van der Waals surface area contributed by atoms with Gasteiger partial charge in [0.15, 0.2) is 0 Å². The Kier molecular flexibility index (Phi) is 6.50. The molecule has 0 spiro atoms. The van der Waals surface area contributed by atoms with Gasteiger partial charge in [0.1, 0.15) is 0 Å². The van der Waals surface area contributed by atoms with E-state index in [0.29, 0.717) is 12.2 Å². The fourth-order valence-corrected chi connectivity index (χ4v) is 1.09. The lowest BCUT2D eigenvalue weighted by Gasteiger charge is -2.20. The van der Waals surface area contributed by atoms with E-state index in [4.69, 9.17) is 4.74 Å². The van der Waals surface area contributed by atoms with Gasteiger partial charge in [0, 0.05) is 17.7 Å². The van der Waals surface area contributed by atoms with Gasteiger partial charge in [0.05, 0.1) is 13.2 Å². The summed E-state index contributed by atoms with van der Waals surface area (Å²) in [5.41, 5.74) is 0.0621. The zero-order valence-electron chi connectivity index (χ0n) is 11.1. The van der Waals surface area contributed by atoms with Crippen LogP contribution >= 0.6 is 0 Å². The predicted octanol–water partition coefficient (Wildman–Crippen LogP) is 0.610. The Balaban J connectivity index is 3.81. The topological polar surface area (TPSA) is 67.4 Å². The first-order chi connectivity index (χ1) is 7.76. The zero-order chi connectivity index (χ0) is 13.5. The predicted molar refractivity (Wildman–Crippen MR) is 66.5 cm³/mol. The van der Waals surface area contributed by atoms with Crippen molar-refractivity contribution in [2.24, 2.45) is 0 Å². The van der Waals surface area contributed by atoms with Crippen molar-refractivity contribution < 1.29 is 14.3 Å². The Morgan fingerprint density at radius 3 is 2.29 bits per heavy atom. The largest absolute Gasteiger partial charge is 0.463 e. The maximum absolute atomic E-state index is 11.4. The fourth-order valence-electron chi connectivity index (χ4n) is 1.09. The second-order valence-electron chi connectivity index (χ2n) is 4.73. The quantitative estimate of drug-likeness (QED) is 0.529. The molecule has 0 aliphatic carbocycles. The molecule has 0 atom stereocenters. The van der Waals surface area contributed by atoms with Crippen molar-refractivity contribution in [2.45, 2.75) is 33.2 Å². The van der Waals surface area contributed by atoms with Crippen LogP contribution in [-0.4, -0.2) is 37.1 Å². The van der Waals surface area contributed by atoms with Crippen molar-refractivity contribution in [1.29, 1.82) is 0 Å². The maximum atomic E-state index is 11.4. The fraction of sp³-hybridized carbons (Fsp3) is 0.667. The number of hydrogen-bond donors (Lipinski definition) is 2. The molecule has 0 saturated heterocycles. The first-order valence-electron chi connectivity index (χ1n) is 5.63. The highest BCUT2D eigenvalue weighted by atomic mass is 16.5. The summed E-state index contributed by atoms with van der Waals surface area (Å²) in [6, 6.07) is 0. The van der Waals surface area contributed by atoms with E-state index in [-0.39, 0.29) is 24.5 Å². The Morgan fingerprint density at radius 1 is 1.24 bits per heavy atom. The molecule has 0 unspecified atom stereocenters. The van der Waals surface area contributed by atoms with E-state index in [9.17, 15) is 9.59 Å². The third kappa shape index (κ3) is 8.45. The second kappa shape index (κ2) is 7.06. The van der Waals surface area contributed by atoms with Crippen LogP contribution in [0.5, 0.6) is 0 Å². The van der Waals surface area contributed by atoms with Gasteiger partial charge in [-0.3, -0.25) is 4.79 Å². The summed E-state index contributed by atoms with van der Waals surface area (Å²) < 4.78 is 4.76. The van der Waals surface area contributed by atoms with Crippen LogP contribution in [0.15, 0.2) is 12.2 Å². The van der Waals surface area contributed by atoms with Crippen LogP contribution in [0.4, 0.5) is 0 Å². The van der Waals surface area contributed by atoms with Gasteiger partial charge < -0.3 is 15.4 Å². The lowest BCUT2D eigenvalue weighted by Crippen LogP contribution is -2.45. The highest BCUT2D eigenvalue weighted by Gasteiger charge is 2.13. The van der Waals surface area contributed by atoms with E-state index in [1.807, 2.05) is 20.8 Å². The molecule has 2 N–H and O–H groups in total. The molecule has 0 aromatic heterocycles. The molecule has 5 nitrogen and oxygen atoms in total. The molecular formula is C12H22N2O3. The van der Waals surface area contributed by atoms with E-state index < -0.39 is 5.97 Å². The molecule has 0 fully saturated rings. The number of esters is 1. The molecule has 0 heterocycles. The van der Waals surface area contributed by atoms with Gasteiger partial charge in [-0.05, 0) is 27.7 Å². The van der Waals surface area contributed by atoms with Crippen LogP contribution in [0.3, 0.4) is 0 Å². The van der Waals surface area contributed by atoms with Crippen molar-refractivity contribution >= 4 is 11.9 Å². The van der Waals surface area contributed by atoms with Gasteiger partial charge in [0.25, 0.3) is 0 Å². The first kappa shape index (κ1) is 15.6. The highest BCUT2D eigenvalue weighted by Crippen LogP contribution is 1.97. The third-order valence-electron chi connectivity index (χ3n) is 1.70. The lowest BCUT2D eigenvalue weighted by molar-refractivity contribution is -0.138. The van der Waals surface area contributed by atoms with Crippen LogP contribution < -0.4 is 10.6 Å². The summed E-state index contributed by atoms with van der Waals surface area (Å²) >= 11 is 0. The number of hydrogen-bond acceptors (Lipinski definition) is 4. The smallest absolute Gasteiger partial charge is 0.334 e. The molecule has 0 rings (SSSR count). The van der Waals surface area contributed by atoms with E-state index in [2.05, 4.69) is 17.2 Å². The minimum atomic E-state index is -0.434. The molecule has 0 aromatic rings. The van der Waals surface area contributed by atoms with E-state index >= 15 is 0 Å². The summed E-state index contributed by atoms with van der Waals surface area (Å²) in [6.45, 7) is 11.7. The molecule has 1 amide bonds. The van der Waals surface area contributed by atoms with E-state index in [1.165, 1.54) is 0 Å². The molecule has 5 heteroatoms. The van der Waals surface area contributed by atoms with Gasteiger partial charge in [-0.15, -0.1) is 0 Å². The monoisotopic (exact) mass is 242 g/mol. The zero-order valence-corrected chi connectivity index (χ0v) is 11.1. The SMILES string of the molecule is C=C(CNCC(=O)NC(C)(C)C)C(=O)OCC. The number of carbonyl (C=O) groups is 2. The van der Waals surface area contributed by atoms with E-state index in [0.717, 1.165) is 0 Å². The molecule has 17 heavy (non-hydrogen) atoms. The van der Waals surface area contributed by atoms with Gasteiger partial charge in [-0.1, -0.05) is 6.58 Å². The maximum Gasteiger partial charge on any atom is 0.334 e. The first-order valence-corrected chi connectivity index (χ1v) is 5.63. The lowest BCUT2D eigenvalue weighted by atomic mass is 10.1. The molecule has 0 aliphatic heterocycles. The molecular weight excluding hydrogens is 220 g/mol. The molecule has 0 aromatic carbocycles. The van der Waals surface area contributed by atoms with Crippen LogP contribution in [0, 0.1) is 0 Å². The Labute approximate surface area is 103 Å². The van der Waals surface area contributed by atoms with Gasteiger partial charge in [-0.25, -0.2) is 4.79 Å². The Hall–Kier alpha value is -1.36. The van der Waals surface area contributed by atoms with Crippen LogP contribution in [-0.2, 0) is 14.3 Å². The summed E-state index contributed by atoms with van der Waals surface area (Å²) in [4.78, 5) is 22.6. The van der Waals surface area contributed by atoms with Crippen LogP contribution in [0.25, 0.3) is 0 Å². The summed E-state index contributed by atoms with van der Waals surface area (Å²) in [7, 11) is 0. The van der Waals surface area contributed by atoms with Crippen molar-refractivity contribution in [1.82, 2.24) is 10.6 Å². The molecule has 0 aliphatic rings. The summed E-state index contributed by atoms with van der Waals surface area (Å²) in [5.74, 6) is -0.551. The van der Waals surface area contributed by atoms with Gasteiger partial charge in [0.2, 0.25) is 5.91 Å². The van der Waals surface area contributed by atoms with Gasteiger partial charge in [-0.2, -0.15) is 0 Å². The second-order valence-corrected chi connectivity index (χ2v) is 4.73. The normalized spacial score (nSPS) is 10.8. The molecule has 0 bridgehead atoms. The van der Waals surface area contributed by atoms with Crippen LogP contribution in [0.2, 0.25) is 0 Å². The van der Waals surface area contributed by atoms with Gasteiger partial charge >= 0.3 is 5.97 Å². The standard InChI is InChI=1S/C12H22N2O3/c1-6-17-11(16)9(2)7-13-8-10(15)14-12(3,4)5/h13H,2,6-8H2,1,3-5H3,(H,14,15). The minimum Gasteiger partial charge on any atom is -0.463 e. The molecule has 98 valence electrons. The number of amides is 1. The number of ether oxygens (including phenoxy) is 1. The highest BCUT2D eigenvalue weighted by molar-refractivity contribution is 5.88. The van der Waals surface area contributed by atoms with Crippen molar-refractivity contribution in [2.75, 3.05) is 19.7 Å². The summed E-state index contributed by atoms with van der Waals surface area (Å²) in [6.07, 6.45) is 0. The van der Waals surface area contributed by atoms with Crippen molar-refractivity contribution in [3.8, 4) is 0 Å². The van der Waals surface area contributed by atoms with Crippen LogP contribution in [0.1, 0.15) is 27.7 Å². The molecule has 0 saturated carbocycles. The average molecular weight is 242 g/mol. The minimum absolute atomic E-state index is 0.117.